The van der Waals surface area contributed by atoms with Gasteiger partial charge in [-0.1, -0.05) is 31.4 Å². The second-order valence-corrected chi connectivity index (χ2v) is 6.11. The van der Waals surface area contributed by atoms with Crippen LogP contribution in [0.25, 0.3) is 0 Å². The largest absolute Gasteiger partial charge is 0.384 e. The summed E-state index contributed by atoms with van der Waals surface area (Å²) in [6.45, 7) is 2.11. The first-order valence-electron chi connectivity index (χ1n) is 7.99. The van der Waals surface area contributed by atoms with E-state index in [1.807, 2.05) is 0 Å². The molecule has 0 aromatic heterocycles. The molecule has 0 atom stereocenters. The quantitative estimate of drug-likeness (QED) is 0.756. The minimum atomic E-state index is 0.815. The van der Waals surface area contributed by atoms with E-state index in [4.69, 9.17) is 0 Å². The van der Waals surface area contributed by atoms with Crippen molar-refractivity contribution in [3.05, 3.63) is 29.8 Å². The van der Waals surface area contributed by atoms with Gasteiger partial charge in [0.2, 0.25) is 0 Å². The number of anilines is 1. The molecule has 2 saturated carbocycles. The zero-order valence-corrected chi connectivity index (χ0v) is 11.8. The fourth-order valence-corrected chi connectivity index (χ4v) is 3.08. The molecule has 0 unspecified atom stereocenters. The predicted octanol–water partition coefficient (Wildman–Crippen LogP) is 3.90. The van der Waals surface area contributed by atoms with Gasteiger partial charge in [-0.2, -0.15) is 0 Å². The molecule has 2 nitrogen and oxygen atoms in total. The van der Waals surface area contributed by atoms with Gasteiger partial charge in [-0.3, -0.25) is 0 Å². The summed E-state index contributed by atoms with van der Waals surface area (Å²) in [7, 11) is 0. The van der Waals surface area contributed by atoms with E-state index in [-0.39, 0.29) is 0 Å². The molecule has 1 aromatic carbocycles. The summed E-state index contributed by atoms with van der Waals surface area (Å²) >= 11 is 0. The predicted molar refractivity (Wildman–Crippen MR) is 81.8 cm³/mol. The second-order valence-electron chi connectivity index (χ2n) is 6.11. The maximum Gasteiger partial charge on any atom is 0.0340 e. The molecule has 0 aliphatic heterocycles. The van der Waals surface area contributed by atoms with Crippen LogP contribution in [0.4, 0.5) is 5.69 Å². The van der Waals surface area contributed by atoms with Crippen LogP contribution >= 0.6 is 0 Å². The van der Waals surface area contributed by atoms with E-state index in [9.17, 15) is 0 Å². The Morgan fingerprint density at radius 2 is 1.58 bits per heavy atom. The minimum Gasteiger partial charge on any atom is -0.384 e. The molecule has 2 aliphatic rings. The third-order valence-corrected chi connectivity index (χ3v) is 4.45. The van der Waals surface area contributed by atoms with E-state index in [1.165, 1.54) is 50.6 Å². The highest BCUT2D eigenvalue weighted by molar-refractivity contribution is 5.45. The maximum atomic E-state index is 3.53. The topological polar surface area (TPSA) is 24.1 Å². The summed E-state index contributed by atoms with van der Waals surface area (Å²) in [5.41, 5.74) is 2.80. The van der Waals surface area contributed by atoms with Gasteiger partial charge >= 0.3 is 0 Å². The molecule has 2 N–H and O–H groups in total. The van der Waals surface area contributed by atoms with E-state index >= 15 is 0 Å². The van der Waals surface area contributed by atoms with Crippen LogP contribution in [-0.4, -0.2) is 19.1 Å². The van der Waals surface area contributed by atoms with Crippen molar-refractivity contribution in [3.8, 4) is 0 Å². The Labute approximate surface area is 117 Å². The summed E-state index contributed by atoms with van der Waals surface area (Å²) in [4.78, 5) is 0. The summed E-state index contributed by atoms with van der Waals surface area (Å²) in [6, 6.07) is 9.97. The molecule has 104 valence electrons. The third-order valence-electron chi connectivity index (χ3n) is 4.45. The van der Waals surface area contributed by atoms with Crippen molar-refractivity contribution in [2.45, 2.75) is 56.9 Å². The van der Waals surface area contributed by atoms with Crippen molar-refractivity contribution in [2.75, 3.05) is 18.4 Å². The first-order valence-corrected chi connectivity index (χ1v) is 7.99. The SMILES string of the molecule is c1cc(C2CCCCC2)ccc1NCCNC1CC1. The Hall–Kier alpha value is -1.02. The number of benzene rings is 1. The summed E-state index contributed by atoms with van der Waals surface area (Å²) in [5, 5.41) is 7.02. The molecule has 0 bridgehead atoms. The summed E-state index contributed by atoms with van der Waals surface area (Å²) in [6.07, 6.45) is 9.78. The van der Waals surface area contributed by atoms with Gasteiger partial charge in [0.25, 0.3) is 0 Å². The van der Waals surface area contributed by atoms with E-state index < -0.39 is 0 Å². The average Bonchev–Trinajstić information content (AvgIpc) is 3.29. The van der Waals surface area contributed by atoms with Crippen molar-refractivity contribution in [1.29, 1.82) is 0 Å². The highest BCUT2D eigenvalue weighted by atomic mass is 15.0. The molecule has 0 amide bonds. The van der Waals surface area contributed by atoms with Crippen molar-refractivity contribution in [3.63, 3.8) is 0 Å². The Morgan fingerprint density at radius 3 is 2.26 bits per heavy atom. The van der Waals surface area contributed by atoms with Crippen LogP contribution in [0.15, 0.2) is 24.3 Å². The molecule has 0 spiro atoms. The van der Waals surface area contributed by atoms with E-state index in [0.29, 0.717) is 0 Å². The molecule has 2 fully saturated rings. The average molecular weight is 258 g/mol. The number of rotatable bonds is 6. The first kappa shape index (κ1) is 13.0. The zero-order chi connectivity index (χ0) is 12.9. The van der Waals surface area contributed by atoms with Crippen LogP contribution in [0.3, 0.4) is 0 Å². The Balaban J connectivity index is 1.44. The Morgan fingerprint density at radius 1 is 0.842 bits per heavy atom. The summed E-state index contributed by atoms with van der Waals surface area (Å²) in [5.74, 6) is 0.819. The van der Waals surface area contributed by atoms with Crippen LogP contribution in [0.5, 0.6) is 0 Å². The van der Waals surface area contributed by atoms with Gasteiger partial charge in [-0.15, -0.1) is 0 Å². The molecule has 2 heteroatoms. The Kier molecular flexibility index (Phi) is 4.39. The first-order chi connectivity index (χ1) is 9.42. The van der Waals surface area contributed by atoms with Crippen LogP contribution in [0.2, 0.25) is 0 Å². The van der Waals surface area contributed by atoms with E-state index in [1.54, 1.807) is 5.56 Å². The molecule has 0 saturated heterocycles. The monoisotopic (exact) mass is 258 g/mol. The van der Waals surface area contributed by atoms with Crippen LogP contribution in [0.1, 0.15) is 56.4 Å². The molecule has 19 heavy (non-hydrogen) atoms. The Bertz CT molecular complexity index is 375. The third kappa shape index (κ3) is 3.97. The van der Waals surface area contributed by atoms with Gasteiger partial charge in [0.15, 0.2) is 0 Å². The van der Waals surface area contributed by atoms with Gasteiger partial charge in [-0.25, -0.2) is 0 Å². The maximum absolute atomic E-state index is 3.53. The molecular formula is C17H26N2. The van der Waals surface area contributed by atoms with Gasteiger partial charge in [-0.05, 0) is 49.3 Å². The molecular weight excluding hydrogens is 232 g/mol. The van der Waals surface area contributed by atoms with Crippen LogP contribution in [-0.2, 0) is 0 Å². The van der Waals surface area contributed by atoms with Crippen LogP contribution < -0.4 is 10.6 Å². The highest BCUT2D eigenvalue weighted by Crippen LogP contribution is 2.32. The lowest BCUT2D eigenvalue weighted by molar-refractivity contribution is 0.443. The molecule has 1 aromatic rings. The normalized spacial score (nSPS) is 20.4. The standard InChI is InChI=1S/C17H26N2/c1-2-4-14(5-3-1)15-6-8-16(9-7-15)18-12-13-19-17-10-11-17/h6-9,14,17-19H,1-5,10-13H2. The second kappa shape index (κ2) is 6.42. The van der Waals surface area contributed by atoms with Gasteiger partial charge < -0.3 is 10.6 Å². The fraction of sp³-hybridized carbons (Fsp3) is 0.647. The number of hydrogen-bond donors (Lipinski definition) is 2. The molecule has 2 aliphatic carbocycles. The van der Waals surface area contributed by atoms with E-state index in [0.717, 1.165) is 25.0 Å². The zero-order valence-electron chi connectivity index (χ0n) is 11.8. The summed E-state index contributed by atoms with van der Waals surface area (Å²) < 4.78 is 0. The highest BCUT2D eigenvalue weighted by Gasteiger charge is 2.19. The molecule has 3 rings (SSSR count). The van der Waals surface area contributed by atoms with Gasteiger partial charge in [0.1, 0.15) is 0 Å². The van der Waals surface area contributed by atoms with Crippen LogP contribution in [0, 0.1) is 0 Å². The number of hydrogen-bond acceptors (Lipinski definition) is 2. The van der Waals surface area contributed by atoms with Crippen molar-refractivity contribution < 1.29 is 0 Å². The lowest BCUT2D eigenvalue weighted by atomic mass is 9.84. The minimum absolute atomic E-state index is 0.815. The molecule has 0 heterocycles. The van der Waals surface area contributed by atoms with Crippen molar-refractivity contribution in [1.82, 2.24) is 5.32 Å². The van der Waals surface area contributed by atoms with Gasteiger partial charge in [0.05, 0.1) is 0 Å². The van der Waals surface area contributed by atoms with E-state index in [2.05, 4.69) is 34.9 Å². The van der Waals surface area contributed by atoms with Gasteiger partial charge in [0, 0.05) is 24.8 Å². The lowest BCUT2D eigenvalue weighted by Crippen LogP contribution is -2.23. The fourth-order valence-electron chi connectivity index (χ4n) is 3.08. The van der Waals surface area contributed by atoms with Crippen molar-refractivity contribution in [2.24, 2.45) is 0 Å². The lowest BCUT2D eigenvalue weighted by Gasteiger charge is -2.22. The number of nitrogens with one attached hydrogen (secondary N) is 2. The smallest absolute Gasteiger partial charge is 0.0340 e. The van der Waals surface area contributed by atoms with Crippen molar-refractivity contribution >= 4 is 5.69 Å². The molecule has 0 radical (unpaired) electrons.